The highest BCUT2D eigenvalue weighted by Crippen LogP contribution is 2.29. The first-order valence-electron chi connectivity index (χ1n) is 8.85. The van der Waals surface area contributed by atoms with Crippen LogP contribution in [0.5, 0.6) is 23.0 Å². The van der Waals surface area contributed by atoms with Gasteiger partial charge in [-0.2, -0.15) is 16.8 Å². The third-order valence-electron chi connectivity index (χ3n) is 3.87. The third-order valence-corrected chi connectivity index (χ3v) is 4.66. The monoisotopic (exact) mass is 486 g/mol. The molecule has 0 amide bonds. The first-order chi connectivity index (χ1) is 15.0. The number of ether oxygens (including phenoxy) is 2. The molecule has 0 aromatic heterocycles. The van der Waals surface area contributed by atoms with Crippen molar-refractivity contribution in [2.45, 2.75) is 13.2 Å². The Labute approximate surface area is 183 Å². The first-order valence-corrected chi connectivity index (χ1v) is 11.5. The summed E-state index contributed by atoms with van der Waals surface area (Å²) < 4.78 is 87.7. The Morgan fingerprint density at radius 3 is 1.34 bits per heavy atom. The molecule has 0 fully saturated rings. The number of hydrogen-bond acceptors (Lipinski definition) is 8. The van der Waals surface area contributed by atoms with Crippen LogP contribution in [0.4, 0.5) is 7.77 Å². The lowest BCUT2D eigenvalue weighted by Gasteiger charge is -2.21. The summed E-state index contributed by atoms with van der Waals surface area (Å²) in [6, 6.07) is 17.3. The minimum Gasteiger partial charge on any atom is -0.451 e. The van der Waals surface area contributed by atoms with E-state index in [1.54, 1.807) is 12.1 Å². The molecule has 0 heterocycles. The van der Waals surface area contributed by atoms with Gasteiger partial charge in [0.25, 0.3) is 6.29 Å². The molecule has 8 nitrogen and oxygen atoms in total. The zero-order valence-electron chi connectivity index (χ0n) is 16.3. The number of halogens is 2. The van der Waals surface area contributed by atoms with Gasteiger partial charge in [-0.3, -0.25) is 0 Å². The fourth-order valence-electron chi connectivity index (χ4n) is 2.51. The van der Waals surface area contributed by atoms with Crippen LogP contribution in [0.1, 0.15) is 17.4 Å². The Morgan fingerprint density at radius 2 is 0.938 bits per heavy atom. The molecular formula is C20H16F2O8S2. The van der Waals surface area contributed by atoms with E-state index in [4.69, 9.17) is 9.47 Å². The number of hydrogen-bond donors (Lipinski definition) is 0. The molecule has 0 radical (unpaired) electrons. The fraction of sp³-hybridized carbons (Fsp3) is 0.100. The van der Waals surface area contributed by atoms with Crippen LogP contribution in [0.25, 0.3) is 0 Å². The van der Waals surface area contributed by atoms with Crippen molar-refractivity contribution in [3.05, 3.63) is 83.9 Å². The molecule has 0 N–H and O–H groups in total. The van der Waals surface area contributed by atoms with Gasteiger partial charge < -0.3 is 17.8 Å². The SMILES string of the molecule is Cc1ccc(OC(Oc2ccc(OS(=O)(=O)F)cc2)c2ccc(OS(=O)(=O)F)cc2)cc1. The number of rotatable bonds is 9. The van der Waals surface area contributed by atoms with E-state index in [9.17, 15) is 24.6 Å². The Balaban J connectivity index is 1.84. The van der Waals surface area contributed by atoms with Gasteiger partial charge in [0, 0.05) is 5.56 Å². The van der Waals surface area contributed by atoms with Gasteiger partial charge >= 0.3 is 21.0 Å². The molecule has 12 heteroatoms. The van der Waals surface area contributed by atoms with Crippen LogP contribution in [-0.2, 0) is 21.0 Å². The van der Waals surface area contributed by atoms with Crippen LogP contribution in [0, 0.1) is 6.92 Å². The standard InChI is InChI=1S/C20H16F2O8S2/c1-14-2-6-16(7-3-14)27-20(15-4-8-18(9-5-15)29-31(21,23)24)28-17-10-12-19(13-11-17)30-32(22,25)26/h2-13,20H,1H3. The van der Waals surface area contributed by atoms with E-state index in [1.807, 2.05) is 19.1 Å². The largest absolute Gasteiger partial charge is 0.488 e. The second-order valence-electron chi connectivity index (χ2n) is 6.37. The molecule has 0 aliphatic heterocycles. The van der Waals surface area contributed by atoms with Gasteiger partial charge in [0.1, 0.15) is 23.0 Å². The summed E-state index contributed by atoms with van der Waals surface area (Å²) in [5.74, 6) is 0.164. The van der Waals surface area contributed by atoms with Crippen molar-refractivity contribution < 1.29 is 42.4 Å². The van der Waals surface area contributed by atoms with Crippen LogP contribution in [0.3, 0.4) is 0 Å². The summed E-state index contributed by atoms with van der Waals surface area (Å²) in [6.45, 7) is 1.90. The Morgan fingerprint density at radius 1 is 0.594 bits per heavy atom. The van der Waals surface area contributed by atoms with E-state index in [1.165, 1.54) is 48.5 Å². The highest BCUT2D eigenvalue weighted by molar-refractivity contribution is 7.82. The van der Waals surface area contributed by atoms with Crippen LogP contribution in [0.15, 0.2) is 72.8 Å². The maximum absolute atomic E-state index is 12.7. The van der Waals surface area contributed by atoms with Gasteiger partial charge in [-0.1, -0.05) is 25.5 Å². The van der Waals surface area contributed by atoms with Gasteiger partial charge in [-0.15, -0.1) is 0 Å². The van der Waals surface area contributed by atoms with Crippen molar-refractivity contribution in [1.82, 2.24) is 0 Å². The predicted octanol–water partition coefficient (Wildman–Crippen LogP) is 4.34. The van der Waals surface area contributed by atoms with Crippen molar-refractivity contribution in [1.29, 1.82) is 0 Å². The smallest absolute Gasteiger partial charge is 0.451 e. The zero-order chi connectivity index (χ0) is 23.4. The van der Waals surface area contributed by atoms with Gasteiger partial charge in [-0.25, -0.2) is 0 Å². The molecule has 0 saturated carbocycles. The molecule has 0 saturated heterocycles. The molecule has 170 valence electrons. The van der Waals surface area contributed by atoms with Crippen LogP contribution >= 0.6 is 0 Å². The van der Waals surface area contributed by atoms with E-state index in [-0.39, 0.29) is 17.2 Å². The van der Waals surface area contributed by atoms with E-state index < -0.39 is 27.3 Å². The minimum atomic E-state index is -5.17. The minimum absolute atomic E-state index is 0.220. The second kappa shape index (κ2) is 9.40. The van der Waals surface area contributed by atoms with Gasteiger partial charge in [-0.05, 0) is 67.6 Å². The maximum Gasteiger partial charge on any atom is 0.488 e. The van der Waals surface area contributed by atoms with Crippen molar-refractivity contribution >= 4 is 21.0 Å². The molecule has 3 aromatic rings. The van der Waals surface area contributed by atoms with Crippen molar-refractivity contribution in [2.75, 3.05) is 0 Å². The topological polar surface area (TPSA) is 105 Å². The summed E-state index contributed by atoms with van der Waals surface area (Å²) in [5.41, 5.74) is 1.42. The molecule has 3 aromatic carbocycles. The first kappa shape index (κ1) is 23.3. The summed E-state index contributed by atoms with van der Waals surface area (Å²) in [7, 11) is -10.3. The highest BCUT2D eigenvalue weighted by atomic mass is 32.3. The lowest BCUT2D eigenvalue weighted by Crippen LogP contribution is -2.15. The molecule has 0 spiro atoms. The maximum atomic E-state index is 12.7. The molecule has 0 aliphatic rings. The van der Waals surface area contributed by atoms with Crippen LogP contribution < -0.4 is 17.8 Å². The van der Waals surface area contributed by atoms with Gasteiger partial charge in [0.15, 0.2) is 0 Å². The van der Waals surface area contributed by atoms with Crippen LogP contribution in [-0.4, -0.2) is 16.8 Å². The average molecular weight is 486 g/mol. The van der Waals surface area contributed by atoms with E-state index in [0.717, 1.165) is 5.56 Å². The van der Waals surface area contributed by atoms with Crippen molar-refractivity contribution in [3.63, 3.8) is 0 Å². The summed E-state index contributed by atoms with van der Waals surface area (Å²) in [5, 5.41) is 0. The second-order valence-corrected chi connectivity index (χ2v) is 8.28. The lowest BCUT2D eigenvalue weighted by atomic mass is 10.2. The van der Waals surface area contributed by atoms with E-state index in [0.29, 0.717) is 11.3 Å². The Bertz CT molecular complexity index is 1260. The van der Waals surface area contributed by atoms with E-state index in [2.05, 4.69) is 8.37 Å². The molecule has 32 heavy (non-hydrogen) atoms. The average Bonchev–Trinajstić information content (AvgIpc) is 2.69. The summed E-state index contributed by atoms with van der Waals surface area (Å²) in [6.07, 6.45) is -1.05. The zero-order valence-corrected chi connectivity index (χ0v) is 18.0. The highest BCUT2D eigenvalue weighted by Gasteiger charge is 2.18. The number of benzene rings is 3. The van der Waals surface area contributed by atoms with Gasteiger partial charge in [0.2, 0.25) is 0 Å². The summed E-state index contributed by atoms with van der Waals surface area (Å²) in [4.78, 5) is 0. The van der Waals surface area contributed by atoms with Gasteiger partial charge in [0.05, 0.1) is 0 Å². The molecule has 0 bridgehead atoms. The Kier molecular flexibility index (Phi) is 6.84. The van der Waals surface area contributed by atoms with E-state index >= 15 is 0 Å². The fourth-order valence-corrected chi connectivity index (χ4v) is 3.19. The molecule has 3 rings (SSSR count). The van der Waals surface area contributed by atoms with Crippen molar-refractivity contribution in [2.24, 2.45) is 0 Å². The lowest BCUT2D eigenvalue weighted by molar-refractivity contribution is 0.00376. The molecular weight excluding hydrogens is 470 g/mol. The predicted molar refractivity (Wildman–Crippen MR) is 109 cm³/mol. The molecule has 1 atom stereocenters. The molecule has 0 aliphatic carbocycles. The normalized spacial score (nSPS) is 12.6. The number of aryl methyl sites for hydroxylation is 1. The third kappa shape index (κ3) is 7.39. The van der Waals surface area contributed by atoms with Crippen LogP contribution in [0.2, 0.25) is 0 Å². The quantitative estimate of drug-likeness (QED) is 0.325. The van der Waals surface area contributed by atoms with Crippen molar-refractivity contribution in [3.8, 4) is 23.0 Å². The molecule has 1 unspecified atom stereocenters. The summed E-state index contributed by atoms with van der Waals surface area (Å²) >= 11 is 0. The Hall–Kier alpha value is -3.38.